The van der Waals surface area contributed by atoms with E-state index in [-0.39, 0.29) is 0 Å². The van der Waals surface area contributed by atoms with Crippen molar-refractivity contribution in [2.75, 3.05) is 0 Å². The minimum atomic E-state index is 0.452. The van der Waals surface area contributed by atoms with Crippen molar-refractivity contribution < 1.29 is 0 Å². The smallest absolute Gasteiger partial charge is 0.0788 e. The molecule has 1 aliphatic rings. The van der Waals surface area contributed by atoms with Crippen LogP contribution in [0.15, 0.2) is 102 Å². The van der Waals surface area contributed by atoms with Gasteiger partial charge < -0.3 is 5.41 Å². The van der Waals surface area contributed by atoms with Crippen LogP contribution in [0.4, 0.5) is 0 Å². The van der Waals surface area contributed by atoms with Gasteiger partial charge in [0.2, 0.25) is 0 Å². The monoisotopic (exact) mass is 334 g/mol. The molecule has 3 aromatic carbocycles. The quantitative estimate of drug-likeness (QED) is 0.565. The predicted molar refractivity (Wildman–Crippen MR) is 112 cm³/mol. The van der Waals surface area contributed by atoms with E-state index in [9.17, 15) is 0 Å². The third kappa shape index (κ3) is 2.82. The first-order valence-electron chi connectivity index (χ1n) is 8.51. The second-order valence-electron chi connectivity index (χ2n) is 6.16. The Hall–Kier alpha value is -3.52. The number of aliphatic imine (C=N–C) groups is 1. The fraction of sp³-hybridized carbons (Fsp3) is 0. The Labute approximate surface area is 153 Å². The number of benzene rings is 3. The third-order valence-electron chi connectivity index (χ3n) is 4.60. The average molecular weight is 334 g/mol. The fourth-order valence-corrected chi connectivity index (χ4v) is 3.31. The van der Waals surface area contributed by atoms with E-state index in [1.54, 1.807) is 6.08 Å². The van der Waals surface area contributed by atoms with Gasteiger partial charge in [0.05, 0.1) is 11.4 Å². The van der Waals surface area contributed by atoms with Gasteiger partial charge in [-0.1, -0.05) is 85.0 Å². The summed E-state index contributed by atoms with van der Waals surface area (Å²) in [5.74, 6) is 0. The van der Waals surface area contributed by atoms with Crippen molar-refractivity contribution in [1.29, 1.82) is 5.41 Å². The van der Waals surface area contributed by atoms with Crippen LogP contribution < -0.4 is 0 Å². The van der Waals surface area contributed by atoms with E-state index in [2.05, 4.69) is 66.3 Å². The molecule has 0 heterocycles. The molecule has 0 radical (unpaired) electrons. The molecule has 0 amide bonds. The number of hydrogen-bond donors (Lipinski definition) is 1. The Morgan fingerprint density at radius 3 is 2.31 bits per heavy atom. The second-order valence-corrected chi connectivity index (χ2v) is 6.16. The highest BCUT2D eigenvalue weighted by molar-refractivity contribution is 6.14. The first-order chi connectivity index (χ1) is 12.8. The molecule has 0 aromatic heterocycles. The van der Waals surface area contributed by atoms with Gasteiger partial charge in [-0.15, -0.1) is 0 Å². The molecule has 1 aliphatic carbocycles. The number of rotatable bonds is 3. The van der Waals surface area contributed by atoms with Crippen LogP contribution in [-0.2, 0) is 0 Å². The molecule has 4 rings (SSSR count). The van der Waals surface area contributed by atoms with Gasteiger partial charge in [-0.2, -0.15) is 0 Å². The Morgan fingerprint density at radius 2 is 1.54 bits per heavy atom. The van der Waals surface area contributed by atoms with Crippen molar-refractivity contribution in [1.82, 2.24) is 0 Å². The minimum absolute atomic E-state index is 0.452. The lowest BCUT2D eigenvalue weighted by atomic mass is 9.95. The van der Waals surface area contributed by atoms with Gasteiger partial charge in [0, 0.05) is 11.1 Å². The molecule has 0 atom stereocenters. The van der Waals surface area contributed by atoms with Crippen LogP contribution in [0.1, 0.15) is 5.56 Å². The van der Waals surface area contributed by atoms with E-state index in [1.807, 2.05) is 30.4 Å². The van der Waals surface area contributed by atoms with Crippen molar-refractivity contribution in [3.8, 4) is 11.1 Å². The molecule has 0 aliphatic heterocycles. The standard InChI is InChI=1S/C24H18N2/c1-26-24(22-10-4-5-12-23(22)25)19-15-13-18(14-16-19)21-11-6-8-17-7-2-3-9-20(17)21/h2-16,25H,1H2/b24-22-,25-23?. The van der Waals surface area contributed by atoms with Gasteiger partial charge in [-0.3, -0.25) is 4.99 Å². The van der Waals surface area contributed by atoms with E-state index in [1.165, 1.54) is 16.3 Å². The Bertz CT molecular complexity index is 1090. The molecule has 0 saturated heterocycles. The Morgan fingerprint density at radius 1 is 0.808 bits per heavy atom. The van der Waals surface area contributed by atoms with Crippen LogP contribution in [0.3, 0.4) is 0 Å². The van der Waals surface area contributed by atoms with Crippen molar-refractivity contribution in [3.05, 3.63) is 102 Å². The van der Waals surface area contributed by atoms with Crippen molar-refractivity contribution in [2.45, 2.75) is 0 Å². The zero-order valence-electron chi connectivity index (χ0n) is 14.3. The normalized spacial score (nSPS) is 15.3. The van der Waals surface area contributed by atoms with E-state index in [4.69, 9.17) is 5.41 Å². The molecule has 2 nitrogen and oxygen atoms in total. The number of allylic oxidation sites excluding steroid dienone is 5. The summed E-state index contributed by atoms with van der Waals surface area (Å²) < 4.78 is 0. The molecule has 0 fully saturated rings. The summed E-state index contributed by atoms with van der Waals surface area (Å²) in [6, 6.07) is 23.1. The van der Waals surface area contributed by atoms with E-state index in [0.29, 0.717) is 5.71 Å². The van der Waals surface area contributed by atoms with Gasteiger partial charge in [0.15, 0.2) is 0 Å². The Kier molecular flexibility index (Phi) is 4.16. The van der Waals surface area contributed by atoms with Gasteiger partial charge in [0.25, 0.3) is 0 Å². The van der Waals surface area contributed by atoms with Crippen LogP contribution in [0.2, 0.25) is 0 Å². The SMILES string of the molecule is C=N/C(=C1/C=CC=CC1=N)c1ccc(-c2cccc3ccccc23)cc1. The second kappa shape index (κ2) is 6.77. The van der Waals surface area contributed by atoms with E-state index >= 15 is 0 Å². The van der Waals surface area contributed by atoms with Crippen LogP contribution in [0.25, 0.3) is 27.6 Å². The van der Waals surface area contributed by atoms with E-state index < -0.39 is 0 Å². The van der Waals surface area contributed by atoms with Crippen LogP contribution >= 0.6 is 0 Å². The van der Waals surface area contributed by atoms with Crippen molar-refractivity contribution in [3.63, 3.8) is 0 Å². The molecule has 0 saturated carbocycles. The Balaban J connectivity index is 1.78. The summed E-state index contributed by atoms with van der Waals surface area (Å²) in [5.41, 5.74) is 5.31. The maximum absolute atomic E-state index is 8.11. The maximum Gasteiger partial charge on any atom is 0.0788 e. The zero-order valence-corrected chi connectivity index (χ0v) is 14.3. The highest BCUT2D eigenvalue weighted by Crippen LogP contribution is 2.30. The van der Waals surface area contributed by atoms with Crippen LogP contribution in [0, 0.1) is 5.41 Å². The van der Waals surface area contributed by atoms with Crippen molar-refractivity contribution >= 4 is 28.9 Å². The van der Waals surface area contributed by atoms with E-state index in [0.717, 1.165) is 22.4 Å². The molecule has 0 spiro atoms. The first kappa shape index (κ1) is 16.0. The lowest BCUT2D eigenvalue weighted by Crippen LogP contribution is -2.01. The number of fused-ring (bicyclic) bond motifs is 1. The minimum Gasteiger partial charge on any atom is -0.300 e. The number of nitrogens with one attached hydrogen (secondary N) is 1. The summed E-state index contributed by atoms with van der Waals surface area (Å²) in [6.45, 7) is 3.71. The molecule has 26 heavy (non-hydrogen) atoms. The molecular weight excluding hydrogens is 316 g/mol. The summed E-state index contributed by atoms with van der Waals surface area (Å²) in [6.07, 6.45) is 7.45. The van der Waals surface area contributed by atoms with Crippen molar-refractivity contribution in [2.24, 2.45) is 4.99 Å². The summed E-state index contributed by atoms with van der Waals surface area (Å²) in [4.78, 5) is 4.19. The maximum atomic E-state index is 8.11. The first-order valence-corrected chi connectivity index (χ1v) is 8.51. The van der Waals surface area contributed by atoms with Gasteiger partial charge in [-0.05, 0) is 34.7 Å². The zero-order chi connectivity index (χ0) is 17.9. The summed E-state index contributed by atoms with van der Waals surface area (Å²) in [7, 11) is 0. The third-order valence-corrected chi connectivity index (χ3v) is 4.60. The molecule has 3 aromatic rings. The summed E-state index contributed by atoms with van der Waals surface area (Å²) in [5, 5.41) is 10.6. The predicted octanol–water partition coefficient (Wildman–Crippen LogP) is 6.06. The highest BCUT2D eigenvalue weighted by atomic mass is 14.7. The van der Waals surface area contributed by atoms with Crippen LogP contribution in [-0.4, -0.2) is 12.4 Å². The molecule has 0 unspecified atom stereocenters. The molecule has 1 N–H and O–H groups in total. The summed E-state index contributed by atoms with van der Waals surface area (Å²) >= 11 is 0. The molecular formula is C24H18N2. The molecule has 2 heteroatoms. The molecule has 0 bridgehead atoms. The lowest BCUT2D eigenvalue weighted by Gasteiger charge is -2.12. The fourth-order valence-electron chi connectivity index (χ4n) is 3.31. The average Bonchev–Trinajstić information content (AvgIpc) is 2.70. The number of hydrogen-bond acceptors (Lipinski definition) is 2. The van der Waals surface area contributed by atoms with Gasteiger partial charge >= 0.3 is 0 Å². The largest absolute Gasteiger partial charge is 0.300 e. The van der Waals surface area contributed by atoms with Gasteiger partial charge in [-0.25, -0.2) is 0 Å². The van der Waals surface area contributed by atoms with Gasteiger partial charge in [0.1, 0.15) is 0 Å². The number of nitrogens with zero attached hydrogens (tertiary/aromatic N) is 1. The van der Waals surface area contributed by atoms with Crippen LogP contribution in [0.5, 0.6) is 0 Å². The highest BCUT2D eigenvalue weighted by Gasteiger charge is 2.11. The topological polar surface area (TPSA) is 36.2 Å². The lowest BCUT2D eigenvalue weighted by molar-refractivity contribution is 1.45. The molecule has 124 valence electrons.